The molecule has 2 aliphatic rings. The SMILES string of the molecule is CCC(C)N1CCCC(N2CCNCC2)C1(C)C. The molecule has 2 atom stereocenters. The van der Waals surface area contributed by atoms with Gasteiger partial charge in [0.25, 0.3) is 0 Å². The highest BCUT2D eigenvalue weighted by Crippen LogP contribution is 2.33. The maximum atomic E-state index is 3.47. The minimum Gasteiger partial charge on any atom is -0.314 e. The summed E-state index contributed by atoms with van der Waals surface area (Å²) in [6, 6.07) is 1.45. The van der Waals surface area contributed by atoms with Crippen LogP contribution in [0.1, 0.15) is 47.0 Å². The molecule has 2 rings (SSSR count). The van der Waals surface area contributed by atoms with Gasteiger partial charge in [0.1, 0.15) is 0 Å². The molecule has 0 bridgehead atoms. The normalized spacial score (nSPS) is 32.3. The van der Waals surface area contributed by atoms with Crippen LogP contribution in [0.25, 0.3) is 0 Å². The van der Waals surface area contributed by atoms with Crippen LogP contribution < -0.4 is 5.32 Å². The fourth-order valence-corrected chi connectivity index (χ4v) is 3.92. The third-order valence-corrected chi connectivity index (χ3v) is 5.15. The van der Waals surface area contributed by atoms with Crippen LogP contribution in [0.2, 0.25) is 0 Å². The van der Waals surface area contributed by atoms with Crippen molar-refractivity contribution in [1.82, 2.24) is 15.1 Å². The molecule has 0 aromatic carbocycles. The van der Waals surface area contributed by atoms with Crippen molar-refractivity contribution in [1.29, 1.82) is 0 Å². The Bertz CT molecular complexity index is 258. The van der Waals surface area contributed by atoms with Gasteiger partial charge in [0.15, 0.2) is 0 Å². The van der Waals surface area contributed by atoms with Gasteiger partial charge in [0.2, 0.25) is 0 Å². The number of nitrogens with zero attached hydrogens (tertiary/aromatic N) is 2. The first-order chi connectivity index (χ1) is 8.57. The highest BCUT2D eigenvalue weighted by Gasteiger charge is 2.42. The van der Waals surface area contributed by atoms with Crippen LogP contribution >= 0.6 is 0 Å². The number of hydrogen-bond donors (Lipinski definition) is 1. The van der Waals surface area contributed by atoms with E-state index in [2.05, 4.69) is 42.8 Å². The molecule has 0 aromatic rings. The fourth-order valence-electron chi connectivity index (χ4n) is 3.92. The average Bonchev–Trinajstić information content (AvgIpc) is 2.38. The Morgan fingerprint density at radius 2 is 1.89 bits per heavy atom. The van der Waals surface area contributed by atoms with Crippen molar-refractivity contribution in [2.24, 2.45) is 0 Å². The van der Waals surface area contributed by atoms with Crippen molar-refractivity contribution in [2.75, 3.05) is 32.7 Å². The van der Waals surface area contributed by atoms with Gasteiger partial charge in [0, 0.05) is 43.8 Å². The van der Waals surface area contributed by atoms with Gasteiger partial charge in [-0.15, -0.1) is 0 Å². The van der Waals surface area contributed by atoms with Crippen molar-refractivity contribution < 1.29 is 0 Å². The largest absolute Gasteiger partial charge is 0.314 e. The third kappa shape index (κ3) is 2.73. The Morgan fingerprint density at radius 3 is 2.50 bits per heavy atom. The lowest BCUT2D eigenvalue weighted by Crippen LogP contribution is -2.65. The molecule has 1 N–H and O–H groups in total. The number of hydrogen-bond acceptors (Lipinski definition) is 3. The van der Waals surface area contributed by atoms with E-state index < -0.39 is 0 Å². The van der Waals surface area contributed by atoms with Crippen molar-refractivity contribution in [3.63, 3.8) is 0 Å². The minimum absolute atomic E-state index is 0.324. The van der Waals surface area contributed by atoms with Gasteiger partial charge in [-0.3, -0.25) is 9.80 Å². The predicted molar refractivity (Wildman–Crippen MR) is 78.0 cm³/mol. The van der Waals surface area contributed by atoms with Gasteiger partial charge in [0.05, 0.1) is 0 Å². The summed E-state index contributed by atoms with van der Waals surface area (Å²) in [5.41, 5.74) is 0.324. The van der Waals surface area contributed by atoms with E-state index in [4.69, 9.17) is 0 Å². The second-order valence-corrected chi connectivity index (χ2v) is 6.55. The molecule has 0 amide bonds. The van der Waals surface area contributed by atoms with Crippen molar-refractivity contribution in [3.05, 3.63) is 0 Å². The molecule has 0 spiro atoms. The van der Waals surface area contributed by atoms with Crippen LogP contribution in [0.5, 0.6) is 0 Å². The summed E-state index contributed by atoms with van der Waals surface area (Å²) >= 11 is 0. The zero-order chi connectivity index (χ0) is 13.2. The molecule has 2 unspecified atom stereocenters. The van der Waals surface area contributed by atoms with E-state index in [1.807, 2.05) is 0 Å². The summed E-state index contributed by atoms with van der Waals surface area (Å²) in [6.07, 6.45) is 4.00. The van der Waals surface area contributed by atoms with E-state index in [0.29, 0.717) is 11.6 Å². The van der Waals surface area contributed by atoms with Gasteiger partial charge >= 0.3 is 0 Å². The second-order valence-electron chi connectivity index (χ2n) is 6.55. The first-order valence-electron chi connectivity index (χ1n) is 7.79. The maximum absolute atomic E-state index is 3.47. The summed E-state index contributed by atoms with van der Waals surface area (Å²) in [6.45, 7) is 15.7. The van der Waals surface area contributed by atoms with Crippen LogP contribution in [-0.4, -0.2) is 60.1 Å². The van der Waals surface area contributed by atoms with Gasteiger partial charge < -0.3 is 5.32 Å². The second kappa shape index (κ2) is 5.89. The lowest BCUT2D eigenvalue weighted by atomic mass is 9.82. The molecule has 106 valence electrons. The molecule has 3 nitrogen and oxygen atoms in total. The highest BCUT2D eigenvalue weighted by molar-refractivity contribution is 5.00. The van der Waals surface area contributed by atoms with Crippen LogP contribution in [0.3, 0.4) is 0 Å². The highest BCUT2D eigenvalue weighted by atomic mass is 15.3. The van der Waals surface area contributed by atoms with Crippen molar-refractivity contribution in [2.45, 2.75) is 64.6 Å². The molecule has 0 radical (unpaired) electrons. The smallest absolute Gasteiger partial charge is 0.0311 e. The molecule has 0 aliphatic carbocycles. The average molecular weight is 253 g/mol. The van der Waals surface area contributed by atoms with Crippen molar-refractivity contribution >= 4 is 0 Å². The minimum atomic E-state index is 0.324. The Morgan fingerprint density at radius 1 is 1.22 bits per heavy atom. The molecule has 0 aromatic heterocycles. The number of nitrogens with one attached hydrogen (secondary N) is 1. The Balaban J connectivity index is 2.09. The van der Waals surface area contributed by atoms with Gasteiger partial charge in [-0.05, 0) is 46.6 Å². The molecule has 2 aliphatic heterocycles. The molecular formula is C15H31N3. The topological polar surface area (TPSA) is 18.5 Å². The van der Waals surface area contributed by atoms with E-state index in [1.165, 1.54) is 38.9 Å². The molecule has 2 fully saturated rings. The van der Waals surface area contributed by atoms with E-state index >= 15 is 0 Å². The quantitative estimate of drug-likeness (QED) is 0.829. The Kier molecular flexibility index (Phi) is 4.68. The lowest BCUT2D eigenvalue weighted by molar-refractivity contribution is -0.0410. The molecule has 3 heteroatoms. The lowest BCUT2D eigenvalue weighted by Gasteiger charge is -2.54. The van der Waals surface area contributed by atoms with E-state index in [0.717, 1.165) is 19.1 Å². The monoisotopic (exact) mass is 253 g/mol. The number of likely N-dealkylation sites (tertiary alicyclic amines) is 1. The first kappa shape index (κ1) is 14.3. The molecular weight excluding hydrogens is 222 g/mol. The van der Waals surface area contributed by atoms with Gasteiger partial charge in [-0.2, -0.15) is 0 Å². The predicted octanol–water partition coefficient (Wildman–Crippen LogP) is 1.93. The van der Waals surface area contributed by atoms with Gasteiger partial charge in [-0.25, -0.2) is 0 Å². The maximum Gasteiger partial charge on any atom is 0.0311 e. The Labute approximate surface area is 113 Å². The van der Waals surface area contributed by atoms with Crippen LogP contribution in [-0.2, 0) is 0 Å². The summed E-state index contributed by atoms with van der Waals surface area (Å²) in [5.74, 6) is 0. The number of rotatable bonds is 3. The molecule has 2 saturated heterocycles. The summed E-state index contributed by atoms with van der Waals surface area (Å²) in [5, 5.41) is 3.47. The third-order valence-electron chi connectivity index (χ3n) is 5.15. The molecule has 2 heterocycles. The summed E-state index contributed by atoms with van der Waals surface area (Å²) < 4.78 is 0. The molecule has 0 saturated carbocycles. The van der Waals surface area contributed by atoms with Crippen LogP contribution in [0.15, 0.2) is 0 Å². The van der Waals surface area contributed by atoms with Crippen LogP contribution in [0.4, 0.5) is 0 Å². The number of piperidine rings is 1. The van der Waals surface area contributed by atoms with E-state index in [1.54, 1.807) is 0 Å². The summed E-state index contributed by atoms with van der Waals surface area (Å²) in [7, 11) is 0. The Hall–Kier alpha value is -0.120. The molecule has 18 heavy (non-hydrogen) atoms. The standard InChI is InChI=1S/C15H31N3/c1-5-13(2)18-10-6-7-14(15(18,3)4)17-11-8-16-9-12-17/h13-14,16H,5-12H2,1-4H3. The fraction of sp³-hybridized carbons (Fsp3) is 1.00. The first-order valence-corrected chi connectivity index (χ1v) is 7.79. The van der Waals surface area contributed by atoms with Crippen LogP contribution in [0, 0.1) is 0 Å². The number of piperazine rings is 1. The van der Waals surface area contributed by atoms with Gasteiger partial charge in [-0.1, -0.05) is 6.92 Å². The zero-order valence-electron chi connectivity index (χ0n) is 12.7. The van der Waals surface area contributed by atoms with Crippen molar-refractivity contribution in [3.8, 4) is 0 Å². The summed E-state index contributed by atoms with van der Waals surface area (Å²) in [4.78, 5) is 5.48. The van der Waals surface area contributed by atoms with E-state index in [9.17, 15) is 0 Å². The van der Waals surface area contributed by atoms with E-state index in [-0.39, 0.29) is 0 Å². The zero-order valence-corrected chi connectivity index (χ0v) is 12.7.